The zero-order chi connectivity index (χ0) is 18.7. The molecule has 8 nitrogen and oxygen atoms in total. The summed E-state index contributed by atoms with van der Waals surface area (Å²) in [7, 11) is 2.99. The average molecular weight is 365 g/mol. The maximum Gasteiger partial charge on any atom is 0.228 e. The van der Waals surface area contributed by atoms with Crippen molar-refractivity contribution in [2.75, 3.05) is 57.7 Å². The van der Waals surface area contributed by atoms with Gasteiger partial charge in [0.05, 0.1) is 13.7 Å². The lowest BCUT2D eigenvalue weighted by Gasteiger charge is -2.34. The van der Waals surface area contributed by atoms with Crippen LogP contribution in [-0.2, 0) is 4.74 Å². The molecule has 0 radical (unpaired) electrons. The van der Waals surface area contributed by atoms with Gasteiger partial charge in [-0.25, -0.2) is 9.37 Å². The zero-order valence-corrected chi connectivity index (χ0v) is 15.2. The largest absolute Gasteiger partial charge is 0.493 e. The van der Waals surface area contributed by atoms with Gasteiger partial charge in [0, 0.05) is 38.2 Å². The Morgan fingerprint density at radius 1 is 1.35 bits per heavy atom. The van der Waals surface area contributed by atoms with Crippen LogP contribution in [0.4, 0.5) is 16.2 Å². The molecule has 0 aliphatic carbocycles. The molecule has 2 aromatic rings. The highest BCUT2D eigenvalue weighted by molar-refractivity contribution is 5.92. The van der Waals surface area contributed by atoms with Crippen molar-refractivity contribution in [3.05, 3.63) is 11.9 Å². The second-order valence-corrected chi connectivity index (χ2v) is 6.11. The fraction of sp³-hybridized carbons (Fsp3) is 0.529. The number of piperazine rings is 1. The van der Waals surface area contributed by atoms with Crippen molar-refractivity contribution in [1.29, 1.82) is 0 Å². The van der Waals surface area contributed by atoms with Crippen LogP contribution in [0.3, 0.4) is 0 Å². The van der Waals surface area contributed by atoms with Crippen LogP contribution in [-0.4, -0.2) is 63.1 Å². The Balaban J connectivity index is 2.08. The van der Waals surface area contributed by atoms with Gasteiger partial charge in [0.25, 0.3) is 0 Å². The Hall–Kier alpha value is -2.39. The summed E-state index contributed by atoms with van der Waals surface area (Å²) in [6.07, 6.45) is 0. The van der Waals surface area contributed by atoms with Crippen molar-refractivity contribution >= 4 is 22.7 Å². The number of halogens is 1. The van der Waals surface area contributed by atoms with Crippen molar-refractivity contribution in [2.45, 2.75) is 13.0 Å². The van der Waals surface area contributed by atoms with Crippen molar-refractivity contribution in [3.63, 3.8) is 0 Å². The summed E-state index contributed by atoms with van der Waals surface area (Å²) in [5.74, 6) is 0.236. The number of nitrogens with two attached hydrogens (primary N) is 1. The Morgan fingerprint density at radius 3 is 2.85 bits per heavy atom. The van der Waals surface area contributed by atoms with E-state index in [4.69, 9.17) is 19.9 Å². The van der Waals surface area contributed by atoms with Gasteiger partial charge in [-0.15, -0.1) is 0 Å². The molecule has 26 heavy (non-hydrogen) atoms. The van der Waals surface area contributed by atoms with Gasteiger partial charge in [-0.1, -0.05) is 0 Å². The van der Waals surface area contributed by atoms with E-state index in [0.29, 0.717) is 17.9 Å². The van der Waals surface area contributed by atoms with E-state index in [-0.39, 0.29) is 35.5 Å². The van der Waals surface area contributed by atoms with Crippen molar-refractivity contribution in [2.24, 2.45) is 0 Å². The summed E-state index contributed by atoms with van der Waals surface area (Å²) >= 11 is 0. The monoisotopic (exact) mass is 365 g/mol. The number of hydrogen-bond donors (Lipinski definition) is 2. The van der Waals surface area contributed by atoms with Crippen LogP contribution in [0.5, 0.6) is 11.5 Å². The quantitative estimate of drug-likeness (QED) is 0.737. The van der Waals surface area contributed by atoms with E-state index in [9.17, 15) is 0 Å². The summed E-state index contributed by atoms with van der Waals surface area (Å²) in [5.41, 5.74) is 6.21. The molecule has 1 aliphatic heterocycles. The van der Waals surface area contributed by atoms with Gasteiger partial charge in [-0.05, 0) is 13.0 Å². The van der Waals surface area contributed by atoms with Crippen LogP contribution < -0.4 is 25.4 Å². The summed E-state index contributed by atoms with van der Waals surface area (Å²) in [4.78, 5) is 10.8. The summed E-state index contributed by atoms with van der Waals surface area (Å²) in [6, 6.07) is 1.78. The van der Waals surface area contributed by atoms with Crippen LogP contribution in [0.2, 0.25) is 0 Å². The lowest BCUT2D eigenvalue weighted by molar-refractivity contribution is 0.141. The van der Waals surface area contributed by atoms with Crippen LogP contribution >= 0.6 is 0 Å². The molecule has 1 unspecified atom stereocenters. The summed E-state index contributed by atoms with van der Waals surface area (Å²) in [5, 5.41) is 3.69. The third kappa shape index (κ3) is 3.45. The molecular formula is C17H24FN5O3. The summed E-state index contributed by atoms with van der Waals surface area (Å²) < 4.78 is 30.8. The van der Waals surface area contributed by atoms with Gasteiger partial charge in [-0.2, -0.15) is 4.98 Å². The Bertz CT molecular complexity index is 789. The number of ether oxygens (including phenoxy) is 3. The van der Waals surface area contributed by atoms with Crippen molar-refractivity contribution in [3.8, 4) is 11.5 Å². The number of nitrogens with one attached hydrogen (secondary N) is 1. The molecule has 1 saturated heterocycles. The van der Waals surface area contributed by atoms with Gasteiger partial charge in [0.15, 0.2) is 17.3 Å². The molecule has 1 aromatic carbocycles. The number of methoxy groups -OCH3 is 2. The standard InChI is InChI=1S/C17H24FN5O3/c1-10-9-20-4-5-23(10)17-21-14-11(16(19)22-17)8-12(25-3)15(13(14)18)26-7-6-24-2/h8,10,20H,4-7,9H2,1-3H3,(H2,19,21,22). The number of rotatable bonds is 6. The van der Waals surface area contributed by atoms with Crippen LogP contribution in [0.15, 0.2) is 6.07 Å². The first-order valence-electron chi connectivity index (χ1n) is 8.49. The Labute approximate surface area is 151 Å². The number of hydrogen-bond acceptors (Lipinski definition) is 8. The molecule has 0 amide bonds. The molecule has 2 heterocycles. The molecule has 0 spiro atoms. The van der Waals surface area contributed by atoms with E-state index >= 15 is 4.39 Å². The second-order valence-electron chi connectivity index (χ2n) is 6.11. The molecular weight excluding hydrogens is 341 g/mol. The maximum atomic E-state index is 15.1. The van der Waals surface area contributed by atoms with E-state index in [1.165, 1.54) is 7.11 Å². The van der Waals surface area contributed by atoms with Gasteiger partial charge in [-0.3, -0.25) is 0 Å². The number of anilines is 2. The minimum atomic E-state index is -0.617. The molecule has 9 heteroatoms. The average Bonchev–Trinajstić information content (AvgIpc) is 2.64. The normalized spacial score (nSPS) is 17.5. The third-order valence-corrected chi connectivity index (χ3v) is 4.38. The minimum absolute atomic E-state index is 0.00513. The number of nitrogen functional groups attached to an aromatic ring is 1. The summed E-state index contributed by atoms with van der Waals surface area (Å²) in [6.45, 7) is 4.91. The Morgan fingerprint density at radius 2 is 2.15 bits per heavy atom. The Kier molecular flexibility index (Phi) is 5.58. The van der Waals surface area contributed by atoms with Gasteiger partial charge in [0.1, 0.15) is 17.9 Å². The second kappa shape index (κ2) is 7.88. The first-order valence-corrected chi connectivity index (χ1v) is 8.49. The lowest BCUT2D eigenvalue weighted by atomic mass is 10.2. The van der Waals surface area contributed by atoms with Crippen molar-refractivity contribution in [1.82, 2.24) is 15.3 Å². The molecule has 1 aliphatic rings. The molecule has 142 valence electrons. The van der Waals surface area contributed by atoms with Crippen LogP contribution in [0.25, 0.3) is 10.9 Å². The van der Waals surface area contributed by atoms with E-state index < -0.39 is 5.82 Å². The number of aromatic nitrogens is 2. The number of benzene rings is 1. The predicted octanol–water partition coefficient (Wildman–Crippen LogP) is 1.18. The van der Waals surface area contributed by atoms with E-state index in [1.807, 2.05) is 4.90 Å². The van der Waals surface area contributed by atoms with E-state index in [1.54, 1.807) is 13.2 Å². The van der Waals surface area contributed by atoms with Gasteiger partial charge >= 0.3 is 0 Å². The molecule has 3 N–H and O–H groups in total. The van der Waals surface area contributed by atoms with E-state index in [2.05, 4.69) is 22.2 Å². The topological polar surface area (TPSA) is 94.8 Å². The fourth-order valence-electron chi connectivity index (χ4n) is 2.98. The predicted molar refractivity (Wildman–Crippen MR) is 97.5 cm³/mol. The minimum Gasteiger partial charge on any atom is -0.493 e. The van der Waals surface area contributed by atoms with Crippen LogP contribution in [0.1, 0.15) is 6.92 Å². The SMILES string of the molecule is COCCOc1c(OC)cc2c(N)nc(N3CCNCC3C)nc2c1F. The van der Waals surface area contributed by atoms with Gasteiger partial charge < -0.3 is 30.2 Å². The molecule has 1 fully saturated rings. The molecule has 1 atom stereocenters. The smallest absolute Gasteiger partial charge is 0.228 e. The maximum absolute atomic E-state index is 15.1. The van der Waals surface area contributed by atoms with Crippen molar-refractivity contribution < 1.29 is 18.6 Å². The molecule has 1 aromatic heterocycles. The first-order chi connectivity index (χ1) is 12.6. The number of fused-ring (bicyclic) bond motifs is 1. The lowest BCUT2D eigenvalue weighted by Crippen LogP contribution is -2.50. The zero-order valence-electron chi connectivity index (χ0n) is 15.2. The fourth-order valence-corrected chi connectivity index (χ4v) is 2.98. The molecule has 0 saturated carbocycles. The van der Waals surface area contributed by atoms with Crippen LogP contribution in [0, 0.1) is 5.82 Å². The van der Waals surface area contributed by atoms with E-state index in [0.717, 1.165) is 19.6 Å². The highest BCUT2D eigenvalue weighted by Crippen LogP contribution is 2.38. The third-order valence-electron chi connectivity index (χ3n) is 4.38. The molecule has 3 rings (SSSR count). The number of nitrogens with zero attached hydrogens (tertiary/aromatic N) is 3. The van der Waals surface area contributed by atoms with Gasteiger partial charge in [0.2, 0.25) is 5.95 Å². The molecule has 0 bridgehead atoms. The highest BCUT2D eigenvalue weighted by Gasteiger charge is 2.24. The highest BCUT2D eigenvalue weighted by atomic mass is 19.1. The first kappa shape index (κ1) is 18.4.